The Kier molecular flexibility index (Phi) is 4.13. The number of carbonyl (C=O) groups is 1. The van der Waals surface area contributed by atoms with Gasteiger partial charge in [-0.15, -0.1) is 0 Å². The van der Waals surface area contributed by atoms with E-state index in [1.54, 1.807) is 0 Å². The second-order valence-corrected chi connectivity index (χ2v) is 3.17. The summed E-state index contributed by atoms with van der Waals surface area (Å²) in [5.41, 5.74) is 5.17. The molecule has 1 rings (SSSR count). The summed E-state index contributed by atoms with van der Waals surface area (Å²) in [6.07, 6.45) is 1.38. The molecule has 0 aromatic carbocycles. The lowest BCUT2D eigenvalue weighted by molar-refractivity contribution is 0.0510. The molecule has 0 amide bonds. The predicted molar refractivity (Wildman–Crippen MR) is 53.6 cm³/mol. The fraction of sp³-hybridized carbons (Fsp3) is 0.250. The molecule has 6 heteroatoms. The first-order valence-electron chi connectivity index (χ1n) is 3.84. The van der Waals surface area contributed by atoms with E-state index in [0.717, 1.165) is 0 Å². The summed E-state index contributed by atoms with van der Waals surface area (Å²) in [7, 11) is 0. The van der Waals surface area contributed by atoms with E-state index in [9.17, 15) is 4.79 Å². The number of rotatable bonds is 3. The molecule has 1 aromatic heterocycles. The molecule has 0 bridgehead atoms. The molecular weight excluding hydrogens is 227 g/mol. The van der Waals surface area contributed by atoms with E-state index in [2.05, 4.69) is 4.98 Å². The highest BCUT2D eigenvalue weighted by Crippen LogP contribution is 2.23. The Bertz CT molecular complexity index is 344. The standard InChI is InChI=1S/C8H8Cl2N2O2/c9-5-1-3-12-7(6(5)10)8(13)14-4-2-11/h1,3H,2,4,11H2. The molecule has 0 saturated carbocycles. The molecule has 14 heavy (non-hydrogen) atoms. The number of nitrogens with two attached hydrogens (primary N) is 1. The molecule has 2 N–H and O–H groups in total. The van der Waals surface area contributed by atoms with Crippen LogP contribution in [0, 0.1) is 0 Å². The molecular formula is C8H8Cl2N2O2. The zero-order valence-corrected chi connectivity index (χ0v) is 8.68. The first-order valence-corrected chi connectivity index (χ1v) is 4.59. The summed E-state index contributed by atoms with van der Waals surface area (Å²) in [4.78, 5) is 15.1. The molecule has 1 heterocycles. The Labute approximate surface area is 91.0 Å². The number of hydrogen-bond acceptors (Lipinski definition) is 4. The monoisotopic (exact) mass is 234 g/mol. The van der Waals surface area contributed by atoms with Gasteiger partial charge in [0, 0.05) is 12.7 Å². The van der Waals surface area contributed by atoms with Gasteiger partial charge in [-0.05, 0) is 6.07 Å². The van der Waals surface area contributed by atoms with Gasteiger partial charge in [0.15, 0.2) is 5.69 Å². The smallest absolute Gasteiger partial charge is 0.358 e. The van der Waals surface area contributed by atoms with Gasteiger partial charge < -0.3 is 10.5 Å². The normalized spacial score (nSPS) is 9.93. The van der Waals surface area contributed by atoms with Crippen LogP contribution in [0.5, 0.6) is 0 Å². The van der Waals surface area contributed by atoms with Gasteiger partial charge in [0.05, 0.1) is 10.0 Å². The summed E-state index contributed by atoms with van der Waals surface area (Å²) >= 11 is 11.4. The number of aromatic nitrogens is 1. The van der Waals surface area contributed by atoms with Crippen LogP contribution in [-0.2, 0) is 4.74 Å². The fourth-order valence-electron chi connectivity index (χ4n) is 0.782. The second-order valence-electron chi connectivity index (χ2n) is 2.38. The first-order chi connectivity index (χ1) is 6.66. The van der Waals surface area contributed by atoms with Gasteiger partial charge in [-0.2, -0.15) is 0 Å². The van der Waals surface area contributed by atoms with Gasteiger partial charge in [0.2, 0.25) is 0 Å². The van der Waals surface area contributed by atoms with Gasteiger partial charge in [-0.3, -0.25) is 0 Å². The van der Waals surface area contributed by atoms with Gasteiger partial charge in [-0.1, -0.05) is 23.2 Å². The average Bonchev–Trinajstić information content (AvgIpc) is 2.18. The van der Waals surface area contributed by atoms with E-state index in [-0.39, 0.29) is 28.9 Å². The molecule has 4 nitrogen and oxygen atoms in total. The summed E-state index contributed by atoms with van der Waals surface area (Å²) in [5, 5.41) is 0.359. The van der Waals surface area contributed by atoms with Gasteiger partial charge in [-0.25, -0.2) is 9.78 Å². The van der Waals surface area contributed by atoms with Crippen molar-refractivity contribution in [3.05, 3.63) is 28.0 Å². The maximum Gasteiger partial charge on any atom is 0.358 e. The third-order valence-corrected chi connectivity index (χ3v) is 2.18. The maximum atomic E-state index is 11.3. The van der Waals surface area contributed by atoms with E-state index < -0.39 is 5.97 Å². The molecule has 0 radical (unpaired) electrons. The van der Waals surface area contributed by atoms with Crippen molar-refractivity contribution in [3.8, 4) is 0 Å². The van der Waals surface area contributed by atoms with Crippen molar-refractivity contribution in [2.24, 2.45) is 5.73 Å². The van der Waals surface area contributed by atoms with Crippen LogP contribution < -0.4 is 5.73 Å². The SMILES string of the molecule is NCCOC(=O)c1nccc(Cl)c1Cl. The molecule has 0 aliphatic carbocycles. The number of carbonyl (C=O) groups excluding carboxylic acids is 1. The van der Waals surface area contributed by atoms with Crippen LogP contribution in [0.4, 0.5) is 0 Å². The predicted octanol–water partition coefficient (Wildman–Crippen LogP) is 1.50. The van der Waals surface area contributed by atoms with Crippen molar-refractivity contribution in [3.63, 3.8) is 0 Å². The molecule has 0 fully saturated rings. The maximum absolute atomic E-state index is 11.3. The highest BCUT2D eigenvalue weighted by molar-refractivity contribution is 6.43. The topological polar surface area (TPSA) is 65.2 Å². The minimum absolute atomic E-state index is 0.00705. The summed E-state index contributed by atoms with van der Waals surface area (Å²) in [6.45, 7) is 0.382. The molecule has 1 aromatic rings. The zero-order valence-electron chi connectivity index (χ0n) is 7.17. The van der Waals surface area contributed by atoms with Crippen molar-refractivity contribution in [1.29, 1.82) is 0 Å². The van der Waals surface area contributed by atoms with Crippen molar-refractivity contribution in [2.75, 3.05) is 13.2 Å². The molecule has 0 unspecified atom stereocenters. The zero-order chi connectivity index (χ0) is 10.6. The highest BCUT2D eigenvalue weighted by Gasteiger charge is 2.15. The largest absolute Gasteiger partial charge is 0.460 e. The van der Waals surface area contributed by atoms with Gasteiger partial charge in [0.1, 0.15) is 6.61 Å². The summed E-state index contributed by atoms with van der Waals surface area (Å²) in [5.74, 6) is -0.622. The van der Waals surface area contributed by atoms with Crippen LogP contribution >= 0.6 is 23.2 Å². The van der Waals surface area contributed by atoms with Crippen LogP contribution in [0.15, 0.2) is 12.3 Å². The summed E-state index contributed by atoms with van der Waals surface area (Å²) < 4.78 is 4.74. The minimum Gasteiger partial charge on any atom is -0.460 e. The quantitative estimate of drug-likeness (QED) is 0.806. The molecule has 0 spiro atoms. The lowest BCUT2D eigenvalue weighted by Crippen LogP contribution is -2.15. The van der Waals surface area contributed by atoms with E-state index in [4.69, 9.17) is 33.7 Å². The molecule has 76 valence electrons. The van der Waals surface area contributed by atoms with Crippen molar-refractivity contribution >= 4 is 29.2 Å². The van der Waals surface area contributed by atoms with Crippen molar-refractivity contribution in [2.45, 2.75) is 0 Å². The van der Waals surface area contributed by atoms with E-state index in [1.165, 1.54) is 12.3 Å². The molecule has 0 aliphatic rings. The van der Waals surface area contributed by atoms with E-state index in [1.807, 2.05) is 0 Å². The van der Waals surface area contributed by atoms with Crippen LogP contribution in [0.25, 0.3) is 0 Å². The van der Waals surface area contributed by atoms with Crippen molar-refractivity contribution < 1.29 is 9.53 Å². The highest BCUT2D eigenvalue weighted by atomic mass is 35.5. The third kappa shape index (κ3) is 2.57. The molecule has 0 aliphatic heterocycles. The molecule has 0 atom stereocenters. The number of esters is 1. The first kappa shape index (κ1) is 11.2. The van der Waals surface area contributed by atoms with Gasteiger partial charge >= 0.3 is 5.97 Å². The van der Waals surface area contributed by atoms with Gasteiger partial charge in [0.25, 0.3) is 0 Å². The number of hydrogen-bond donors (Lipinski definition) is 1. The lowest BCUT2D eigenvalue weighted by Gasteiger charge is -2.04. The summed E-state index contributed by atoms with van der Waals surface area (Å²) in [6, 6.07) is 1.49. The fourth-order valence-corrected chi connectivity index (χ4v) is 1.12. The number of pyridine rings is 1. The van der Waals surface area contributed by atoms with Crippen molar-refractivity contribution in [1.82, 2.24) is 4.98 Å². The number of nitrogens with zero attached hydrogens (tertiary/aromatic N) is 1. The number of ether oxygens (including phenoxy) is 1. The average molecular weight is 235 g/mol. The van der Waals surface area contributed by atoms with Crippen LogP contribution in [-0.4, -0.2) is 24.1 Å². The minimum atomic E-state index is -0.622. The second kappa shape index (κ2) is 5.14. The van der Waals surface area contributed by atoms with E-state index >= 15 is 0 Å². The van der Waals surface area contributed by atoms with E-state index in [0.29, 0.717) is 0 Å². The Balaban J connectivity index is 2.84. The Hall–Kier alpha value is -0.840. The number of halogens is 2. The molecule has 0 saturated heterocycles. The Morgan fingerprint density at radius 3 is 2.93 bits per heavy atom. The third-order valence-electron chi connectivity index (χ3n) is 1.39. The van der Waals surface area contributed by atoms with Crippen LogP contribution in [0.1, 0.15) is 10.5 Å². The van der Waals surface area contributed by atoms with Crippen LogP contribution in [0.3, 0.4) is 0 Å². The Morgan fingerprint density at radius 1 is 1.57 bits per heavy atom. The Morgan fingerprint density at radius 2 is 2.29 bits per heavy atom. The van der Waals surface area contributed by atoms with Crippen LogP contribution in [0.2, 0.25) is 10.0 Å². The lowest BCUT2D eigenvalue weighted by atomic mass is 10.3.